The van der Waals surface area contributed by atoms with E-state index >= 15 is 4.39 Å². The third-order valence-corrected chi connectivity index (χ3v) is 8.62. The molecule has 5 aromatic rings. The number of fused-ring (bicyclic) bond motifs is 1. The van der Waals surface area contributed by atoms with Gasteiger partial charge in [0, 0.05) is 25.4 Å². The van der Waals surface area contributed by atoms with E-state index in [-0.39, 0.29) is 23.0 Å². The second kappa shape index (κ2) is 10.5. The van der Waals surface area contributed by atoms with E-state index in [0.29, 0.717) is 57.8 Å². The number of thiazole rings is 1. The molecule has 0 bridgehead atoms. The molecule has 1 aliphatic rings. The van der Waals surface area contributed by atoms with Crippen LogP contribution in [0.15, 0.2) is 49.1 Å². The number of nitrogens with one attached hydrogen (secondary N) is 2. The molecule has 1 amide bonds. The lowest BCUT2D eigenvalue weighted by molar-refractivity contribution is 0.0911. The van der Waals surface area contributed by atoms with Crippen molar-refractivity contribution in [3.63, 3.8) is 0 Å². The van der Waals surface area contributed by atoms with Gasteiger partial charge in [-0.15, -0.1) is 0 Å². The number of amides is 1. The number of nitrogens with zero attached hydrogens (tertiary/aromatic N) is 7. The number of benzene rings is 1. The minimum atomic E-state index is -1.32. The van der Waals surface area contributed by atoms with Crippen LogP contribution < -0.4 is 5.32 Å². The Labute approximate surface area is 233 Å². The van der Waals surface area contributed by atoms with Crippen LogP contribution in [0.3, 0.4) is 0 Å². The molecule has 3 atom stereocenters. The van der Waals surface area contributed by atoms with Gasteiger partial charge >= 0.3 is 0 Å². The average Bonchev–Trinajstić information content (AvgIpc) is 3.68. The first kappa shape index (κ1) is 25.7. The Morgan fingerprint density at radius 2 is 2.08 bits per heavy atom. The van der Waals surface area contributed by atoms with Crippen LogP contribution in [0.5, 0.6) is 0 Å². The summed E-state index contributed by atoms with van der Waals surface area (Å²) in [5.74, 6) is 0.102. The van der Waals surface area contributed by atoms with Crippen LogP contribution >= 0.6 is 22.9 Å². The summed E-state index contributed by atoms with van der Waals surface area (Å²) in [6.45, 7) is 0.766. The Morgan fingerprint density at radius 1 is 1.23 bits per heavy atom. The van der Waals surface area contributed by atoms with Crippen molar-refractivity contribution in [1.29, 1.82) is 0 Å². The highest BCUT2D eigenvalue weighted by molar-refractivity contribution is 7.81. The first-order chi connectivity index (χ1) is 18.9. The lowest BCUT2D eigenvalue weighted by Crippen LogP contribution is -2.51. The molecular formula is C24H21ClFN9O2S2. The normalized spacial score (nSPS) is 18.8. The highest BCUT2D eigenvalue weighted by atomic mass is 35.5. The second-order valence-corrected chi connectivity index (χ2v) is 12.0. The van der Waals surface area contributed by atoms with Gasteiger partial charge in [0.2, 0.25) is 0 Å². The molecular weight excluding hydrogens is 565 g/mol. The number of H-pyrrole nitrogens is 1. The quantitative estimate of drug-likeness (QED) is 0.311. The Kier molecular flexibility index (Phi) is 6.93. The molecule has 4 aromatic heterocycles. The summed E-state index contributed by atoms with van der Waals surface area (Å²) in [5.41, 5.74) is 2.12. The van der Waals surface area contributed by atoms with E-state index in [2.05, 4.69) is 30.5 Å². The van der Waals surface area contributed by atoms with Gasteiger partial charge in [-0.05, 0) is 24.6 Å². The van der Waals surface area contributed by atoms with Crippen molar-refractivity contribution in [3.8, 4) is 22.9 Å². The number of imidazole rings is 1. The molecule has 1 fully saturated rings. The van der Waals surface area contributed by atoms with Crippen LogP contribution in [0, 0.1) is 5.82 Å². The molecule has 6 rings (SSSR count). The number of hydrogen-bond donors (Lipinski definition) is 2. The van der Waals surface area contributed by atoms with E-state index in [1.807, 2.05) is 10.6 Å². The Hall–Kier alpha value is -3.59. The summed E-state index contributed by atoms with van der Waals surface area (Å²) in [6.07, 6.45) is 6.50. The molecule has 11 nitrogen and oxygen atoms in total. The van der Waals surface area contributed by atoms with Gasteiger partial charge in [-0.3, -0.25) is 14.9 Å². The molecule has 0 aliphatic carbocycles. The third-order valence-electron chi connectivity index (χ3n) is 6.48. The van der Waals surface area contributed by atoms with Gasteiger partial charge in [0.15, 0.2) is 10.8 Å². The first-order valence-electron chi connectivity index (χ1n) is 11.9. The van der Waals surface area contributed by atoms with Gasteiger partial charge in [-0.1, -0.05) is 35.1 Å². The Morgan fingerprint density at radius 3 is 2.79 bits per heavy atom. The van der Waals surface area contributed by atoms with Crippen molar-refractivity contribution in [2.45, 2.75) is 18.5 Å². The molecule has 0 saturated carbocycles. The number of pyridine rings is 1. The number of halogens is 2. The molecule has 1 aromatic carbocycles. The van der Waals surface area contributed by atoms with Gasteiger partial charge < -0.3 is 9.88 Å². The second-order valence-electron chi connectivity index (χ2n) is 8.98. The van der Waals surface area contributed by atoms with Crippen LogP contribution in [0.1, 0.15) is 22.3 Å². The zero-order valence-electron chi connectivity index (χ0n) is 20.4. The molecule has 0 radical (unpaired) electrons. The zero-order valence-corrected chi connectivity index (χ0v) is 22.8. The zero-order chi connectivity index (χ0) is 27.1. The van der Waals surface area contributed by atoms with Gasteiger partial charge in [-0.25, -0.2) is 27.9 Å². The summed E-state index contributed by atoms with van der Waals surface area (Å²) in [5, 5.41) is 9.97. The maximum Gasteiger partial charge on any atom is 0.280 e. The molecule has 3 unspecified atom stereocenters. The summed E-state index contributed by atoms with van der Waals surface area (Å²) >= 11 is 7.05. The van der Waals surface area contributed by atoms with Crippen LogP contribution in [0.25, 0.3) is 33.9 Å². The van der Waals surface area contributed by atoms with E-state index < -0.39 is 16.8 Å². The van der Waals surface area contributed by atoms with Gasteiger partial charge in [0.25, 0.3) is 5.91 Å². The molecule has 15 heteroatoms. The lowest BCUT2D eigenvalue weighted by atomic mass is 10.0. The molecule has 1 aliphatic heterocycles. The van der Waals surface area contributed by atoms with Crippen LogP contribution in [-0.4, -0.2) is 74.5 Å². The van der Waals surface area contributed by atoms with Crippen molar-refractivity contribution in [3.05, 3.63) is 64.2 Å². The number of piperidine rings is 1. The van der Waals surface area contributed by atoms with Crippen molar-refractivity contribution in [2.24, 2.45) is 0 Å². The number of aromatic amines is 1. The number of aromatic nitrogens is 7. The Bertz CT molecular complexity index is 1690. The summed E-state index contributed by atoms with van der Waals surface area (Å²) < 4.78 is 31.9. The fraction of sp³-hybridized carbons (Fsp3) is 0.250. The molecule has 39 heavy (non-hydrogen) atoms. The minimum absolute atomic E-state index is 0.245. The van der Waals surface area contributed by atoms with Crippen molar-refractivity contribution in [1.82, 2.24) is 44.3 Å². The first-order valence-corrected chi connectivity index (χ1v) is 14.6. The predicted molar refractivity (Wildman–Crippen MR) is 146 cm³/mol. The number of hydrogen-bond acceptors (Lipinski definition) is 8. The highest BCUT2D eigenvalue weighted by Crippen LogP contribution is 2.35. The maximum absolute atomic E-state index is 15.1. The number of rotatable bonds is 6. The fourth-order valence-corrected chi connectivity index (χ4v) is 6.39. The fourth-order valence-electron chi connectivity index (χ4n) is 4.80. The van der Waals surface area contributed by atoms with Crippen LogP contribution in [0.2, 0.25) is 4.34 Å². The van der Waals surface area contributed by atoms with E-state index in [0.717, 1.165) is 11.3 Å². The van der Waals surface area contributed by atoms with Crippen molar-refractivity contribution >= 4 is 50.9 Å². The van der Waals surface area contributed by atoms with E-state index in [4.69, 9.17) is 16.6 Å². The minimum Gasteiger partial charge on any atom is -0.346 e. The average molecular weight is 586 g/mol. The summed E-state index contributed by atoms with van der Waals surface area (Å²) in [7, 11) is -1.32. The molecule has 200 valence electrons. The van der Waals surface area contributed by atoms with Gasteiger partial charge in [0.1, 0.15) is 33.5 Å². The SMILES string of the molecule is CS(=O)N1CC(NC(=O)c2ncc(Cl)s2)CC(n2c(-c3ccccc3F)nc3cnc(-c4ncn[nH]4)cc32)C1. The molecule has 0 spiro atoms. The summed E-state index contributed by atoms with van der Waals surface area (Å²) in [4.78, 5) is 30.4. The van der Waals surface area contributed by atoms with E-state index in [9.17, 15) is 9.00 Å². The topological polar surface area (TPSA) is 135 Å². The third kappa shape index (κ3) is 5.07. The smallest absolute Gasteiger partial charge is 0.280 e. The number of carbonyl (C=O) groups is 1. The van der Waals surface area contributed by atoms with E-state index in [1.165, 1.54) is 18.6 Å². The van der Waals surface area contributed by atoms with Gasteiger partial charge in [0.05, 0.1) is 40.5 Å². The molecule has 2 N–H and O–H groups in total. The standard InChI is InChI=1S/C24H21ClFN9O2S2/c1-39(37)34-10-13(31-23(36)24-28-9-20(25)38-24)6-14(11-34)35-19-7-17(21-29-12-30-33-21)27-8-18(19)32-22(35)15-4-2-3-5-16(15)26/h2-5,7-9,12-14H,6,10-11H2,1H3,(H,31,36)(H,29,30,33). The highest BCUT2D eigenvalue weighted by Gasteiger charge is 2.34. The van der Waals surface area contributed by atoms with Crippen molar-refractivity contribution < 1.29 is 13.4 Å². The van der Waals surface area contributed by atoms with Crippen molar-refractivity contribution in [2.75, 3.05) is 19.3 Å². The lowest BCUT2D eigenvalue weighted by Gasteiger charge is -2.37. The van der Waals surface area contributed by atoms with Crippen LogP contribution in [-0.2, 0) is 11.0 Å². The van der Waals surface area contributed by atoms with E-state index in [1.54, 1.807) is 35.0 Å². The summed E-state index contributed by atoms with van der Waals surface area (Å²) in [6, 6.07) is 7.54. The molecule has 5 heterocycles. The monoisotopic (exact) mass is 585 g/mol. The Balaban J connectivity index is 1.45. The van der Waals surface area contributed by atoms with Gasteiger partial charge in [-0.2, -0.15) is 5.10 Å². The predicted octanol–water partition coefficient (Wildman–Crippen LogP) is 3.47. The maximum atomic E-state index is 15.1. The largest absolute Gasteiger partial charge is 0.346 e. The van der Waals surface area contributed by atoms with Crippen LogP contribution in [0.4, 0.5) is 4.39 Å². The number of carbonyl (C=O) groups excluding carboxylic acids is 1. The molecule has 1 saturated heterocycles.